The molecule has 1 heterocycles. The lowest BCUT2D eigenvalue weighted by molar-refractivity contribution is -0.384. The van der Waals surface area contributed by atoms with Gasteiger partial charge in [-0.3, -0.25) is 10.1 Å². The van der Waals surface area contributed by atoms with Gasteiger partial charge in [0.05, 0.1) is 4.92 Å². The minimum absolute atomic E-state index is 0.256. The summed E-state index contributed by atoms with van der Waals surface area (Å²) < 4.78 is 0. The lowest BCUT2D eigenvalue weighted by atomic mass is 10.0. The van der Waals surface area contributed by atoms with E-state index in [0.29, 0.717) is 0 Å². The van der Waals surface area contributed by atoms with E-state index >= 15 is 0 Å². The van der Waals surface area contributed by atoms with Gasteiger partial charge in [0.25, 0.3) is 5.69 Å². The molecular formula is C13H18N2O2. The summed E-state index contributed by atoms with van der Waals surface area (Å²) in [6, 6.07) is 5.39. The molecule has 0 aliphatic carbocycles. The maximum Gasteiger partial charge on any atom is 0.292 e. The van der Waals surface area contributed by atoms with Gasteiger partial charge in [-0.1, -0.05) is 19.1 Å². The first-order valence-electron chi connectivity index (χ1n) is 6.25. The SMILES string of the molecule is CCc1cccc([N+](=O)[O-])c1N1CCCCC1. The second-order valence-corrected chi connectivity index (χ2v) is 4.44. The quantitative estimate of drug-likeness (QED) is 0.596. The van der Waals surface area contributed by atoms with Crippen LogP contribution < -0.4 is 4.90 Å². The van der Waals surface area contributed by atoms with Gasteiger partial charge in [-0.2, -0.15) is 0 Å². The van der Waals surface area contributed by atoms with Crippen LogP contribution in [0.4, 0.5) is 11.4 Å². The van der Waals surface area contributed by atoms with E-state index in [1.165, 1.54) is 6.42 Å². The van der Waals surface area contributed by atoms with Crippen LogP contribution in [0.1, 0.15) is 31.7 Å². The first-order chi connectivity index (χ1) is 8.24. The van der Waals surface area contributed by atoms with E-state index in [2.05, 4.69) is 4.90 Å². The molecule has 1 aromatic carbocycles. The molecule has 1 aliphatic heterocycles. The molecule has 0 spiro atoms. The van der Waals surface area contributed by atoms with Crippen LogP contribution in [0.3, 0.4) is 0 Å². The Balaban J connectivity index is 2.43. The number of hydrogen-bond acceptors (Lipinski definition) is 3. The summed E-state index contributed by atoms with van der Waals surface area (Å²) in [5.41, 5.74) is 2.19. The molecule has 4 nitrogen and oxygen atoms in total. The fourth-order valence-electron chi connectivity index (χ4n) is 2.49. The average Bonchev–Trinajstić information content (AvgIpc) is 2.38. The zero-order valence-electron chi connectivity index (χ0n) is 10.2. The Morgan fingerprint density at radius 3 is 2.59 bits per heavy atom. The zero-order valence-corrected chi connectivity index (χ0v) is 10.2. The number of anilines is 1. The van der Waals surface area contributed by atoms with Crippen molar-refractivity contribution in [3.8, 4) is 0 Å². The molecular weight excluding hydrogens is 216 g/mol. The van der Waals surface area contributed by atoms with Crippen LogP contribution in [-0.4, -0.2) is 18.0 Å². The first kappa shape index (κ1) is 11.9. The molecule has 0 aromatic heterocycles. The molecule has 1 fully saturated rings. The number of benzene rings is 1. The molecule has 0 saturated carbocycles. The summed E-state index contributed by atoms with van der Waals surface area (Å²) in [5, 5.41) is 11.1. The van der Waals surface area contributed by atoms with Crippen LogP contribution >= 0.6 is 0 Å². The van der Waals surface area contributed by atoms with Gasteiger partial charge in [0.15, 0.2) is 0 Å². The van der Waals surface area contributed by atoms with E-state index in [9.17, 15) is 10.1 Å². The van der Waals surface area contributed by atoms with Crippen molar-refractivity contribution in [2.24, 2.45) is 0 Å². The number of nitrogens with zero attached hydrogens (tertiary/aromatic N) is 2. The van der Waals surface area contributed by atoms with Gasteiger partial charge in [-0.15, -0.1) is 0 Å². The van der Waals surface area contributed by atoms with Crippen molar-refractivity contribution in [2.75, 3.05) is 18.0 Å². The van der Waals surface area contributed by atoms with Gasteiger partial charge in [0.2, 0.25) is 0 Å². The molecule has 0 amide bonds. The van der Waals surface area contributed by atoms with Crippen LogP contribution in [-0.2, 0) is 6.42 Å². The summed E-state index contributed by atoms with van der Waals surface area (Å²) in [4.78, 5) is 13.0. The Bertz CT molecular complexity index is 412. The molecule has 1 aliphatic rings. The normalized spacial score (nSPS) is 15.9. The summed E-state index contributed by atoms with van der Waals surface area (Å²) in [6.45, 7) is 3.93. The van der Waals surface area contributed by atoms with Crippen molar-refractivity contribution >= 4 is 11.4 Å². The Morgan fingerprint density at radius 2 is 2.00 bits per heavy atom. The second kappa shape index (κ2) is 5.17. The molecule has 0 radical (unpaired) electrons. The maximum atomic E-state index is 11.1. The van der Waals surface area contributed by atoms with Crippen molar-refractivity contribution in [3.63, 3.8) is 0 Å². The molecule has 0 atom stereocenters. The third-order valence-electron chi connectivity index (χ3n) is 3.35. The molecule has 17 heavy (non-hydrogen) atoms. The summed E-state index contributed by atoms with van der Waals surface area (Å²) in [5.74, 6) is 0. The Labute approximate surface area is 101 Å². The van der Waals surface area contributed by atoms with Gasteiger partial charge < -0.3 is 4.90 Å². The van der Waals surface area contributed by atoms with E-state index in [0.717, 1.165) is 43.6 Å². The van der Waals surface area contributed by atoms with E-state index in [4.69, 9.17) is 0 Å². The van der Waals surface area contributed by atoms with Crippen LogP contribution in [0.15, 0.2) is 18.2 Å². The predicted molar refractivity (Wildman–Crippen MR) is 68.5 cm³/mol. The number of nitro groups is 1. The number of nitro benzene ring substituents is 1. The highest BCUT2D eigenvalue weighted by Gasteiger charge is 2.23. The number of aryl methyl sites for hydroxylation is 1. The van der Waals surface area contributed by atoms with Crippen molar-refractivity contribution in [2.45, 2.75) is 32.6 Å². The Kier molecular flexibility index (Phi) is 3.61. The molecule has 2 rings (SSSR count). The largest absolute Gasteiger partial charge is 0.366 e. The minimum atomic E-state index is -0.261. The fraction of sp³-hybridized carbons (Fsp3) is 0.538. The number of rotatable bonds is 3. The topological polar surface area (TPSA) is 46.4 Å². The lowest BCUT2D eigenvalue weighted by Gasteiger charge is -2.30. The molecule has 4 heteroatoms. The van der Waals surface area contributed by atoms with Crippen LogP contribution in [0.5, 0.6) is 0 Å². The lowest BCUT2D eigenvalue weighted by Crippen LogP contribution is -2.30. The molecule has 1 aromatic rings. The third-order valence-corrected chi connectivity index (χ3v) is 3.35. The van der Waals surface area contributed by atoms with Crippen molar-refractivity contribution in [3.05, 3.63) is 33.9 Å². The fourth-order valence-corrected chi connectivity index (χ4v) is 2.49. The standard InChI is InChI=1S/C13H18N2O2/c1-2-11-7-6-8-12(15(16)17)13(11)14-9-4-3-5-10-14/h6-8H,2-5,9-10H2,1H3. The first-order valence-corrected chi connectivity index (χ1v) is 6.25. The average molecular weight is 234 g/mol. The van der Waals surface area contributed by atoms with Crippen LogP contribution in [0.25, 0.3) is 0 Å². The maximum absolute atomic E-state index is 11.1. The summed E-state index contributed by atoms with van der Waals surface area (Å²) in [7, 11) is 0. The van der Waals surface area contributed by atoms with Crippen molar-refractivity contribution < 1.29 is 4.92 Å². The number of para-hydroxylation sites is 1. The third kappa shape index (κ3) is 2.40. The highest BCUT2D eigenvalue weighted by Crippen LogP contribution is 2.34. The van der Waals surface area contributed by atoms with Crippen molar-refractivity contribution in [1.82, 2.24) is 0 Å². The molecule has 0 N–H and O–H groups in total. The van der Waals surface area contributed by atoms with E-state index in [1.54, 1.807) is 12.1 Å². The number of piperidine rings is 1. The predicted octanol–water partition coefficient (Wildman–Crippen LogP) is 3.15. The van der Waals surface area contributed by atoms with Gasteiger partial charge in [-0.05, 0) is 31.2 Å². The smallest absolute Gasteiger partial charge is 0.292 e. The molecule has 0 unspecified atom stereocenters. The van der Waals surface area contributed by atoms with Crippen LogP contribution in [0.2, 0.25) is 0 Å². The summed E-state index contributed by atoms with van der Waals surface area (Å²) >= 11 is 0. The minimum Gasteiger partial charge on any atom is -0.366 e. The van der Waals surface area contributed by atoms with E-state index in [-0.39, 0.29) is 10.6 Å². The van der Waals surface area contributed by atoms with E-state index < -0.39 is 0 Å². The van der Waals surface area contributed by atoms with Crippen LogP contribution in [0, 0.1) is 10.1 Å². The highest BCUT2D eigenvalue weighted by molar-refractivity contribution is 5.68. The molecule has 0 bridgehead atoms. The van der Waals surface area contributed by atoms with Gasteiger partial charge in [-0.25, -0.2) is 0 Å². The molecule has 92 valence electrons. The Morgan fingerprint density at radius 1 is 1.29 bits per heavy atom. The van der Waals surface area contributed by atoms with Gasteiger partial charge >= 0.3 is 0 Å². The zero-order chi connectivity index (χ0) is 12.3. The highest BCUT2D eigenvalue weighted by atomic mass is 16.6. The second-order valence-electron chi connectivity index (χ2n) is 4.44. The Hall–Kier alpha value is -1.58. The van der Waals surface area contributed by atoms with E-state index in [1.807, 2.05) is 13.0 Å². The molecule has 1 saturated heterocycles. The van der Waals surface area contributed by atoms with Gasteiger partial charge in [0.1, 0.15) is 5.69 Å². The van der Waals surface area contributed by atoms with Crippen molar-refractivity contribution in [1.29, 1.82) is 0 Å². The monoisotopic (exact) mass is 234 g/mol. The van der Waals surface area contributed by atoms with Gasteiger partial charge in [0, 0.05) is 19.2 Å². The number of hydrogen-bond donors (Lipinski definition) is 0. The summed E-state index contributed by atoms with van der Waals surface area (Å²) in [6.07, 6.45) is 4.34.